The Morgan fingerprint density at radius 1 is 1.08 bits per heavy atom. The average Bonchev–Trinajstić information content (AvgIpc) is 2.21. The summed E-state index contributed by atoms with van der Waals surface area (Å²) >= 11 is 0. The molecule has 0 bridgehead atoms. The second-order valence-electron chi connectivity index (χ2n) is 2.86. The van der Waals surface area contributed by atoms with Crippen LogP contribution in [0.3, 0.4) is 0 Å². The first-order valence-corrected chi connectivity index (χ1v) is 4.86. The highest BCUT2D eigenvalue weighted by atomic mass is 13.8. The summed E-state index contributed by atoms with van der Waals surface area (Å²) in [5, 5.41) is 0. The summed E-state index contributed by atoms with van der Waals surface area (Å²) in [7, 11) is 0. The van der Waals surface area contributed by atoms with Crippen molar-refractivity contribution in [3.8, 4) is 12.3 Å². The number of benzene rings is 1. The normalized spacial score (nSPS) is 8.08. The van der Waals surface area contributed by atoms with Crippen molar-refractivity contribution in [1.29, 1.82) is 0 Å². The first-order valence-electron chi connectivity index (χ1n) is 4.86. The molecule has 70 valence electrons. The van der Waals surface area contributed by atoms with Crippen LogP contribution in [0.1, 0.15) is 38.7 Å². The molecule has 0 aliphatic carbocycles. The summed E-state index contributed by atoms with van der Waals surface area (Å²) in [6.07, 6.45) is 9.18. The molecular weight excluding hydrogens is 156 g/mol. The van der Waals surface area contributed by atoms with Crippen LogP contribution >= 0.6 is 0 Å². The Labute approximate surface area is 82.0 Å². The van der Waals surface area contributed by atoms with Crippen molar-refractivity contribution < 1.29 is 0 Å². The number of terminal acetylenes is 1. The Morgan fingerprint density at radius 3 is 1.85 bits per heavy atom. The summed E-state index contributed by atoms with van der Waals surface area (Å²) in [5.74, 6) is 2.53. The monoisotopic (exact) mass is 174 g/mol. The maximum Gasteiger partial charge on any atom is 0.0242 e. The lowest BCUT2D eigenvalue weighted by Gasteiger charge is -1.82. The van der Waals surface area contributed by atoms with Crippen molar-refractivity contribution in [2.75, 3.05) is 0 Å². The minimum Gasteiger partial charge on any atom is -0.115 e. The molecule has 0 heteroatoms. The zero-order chi connectivity index (χ0) is 9.94. The summed E-state index contributed by atoms with van der Waals surface area (Å²) in [4.78, 5) is 0. The maximum absolute atomic E-state index is 5.10. The number of rotatable bonds is 2. The van der Waals surface area contributed by atoms with Gasteiger partial charge in [-0.25, -0.2) is 0 Å². The van der Waals surface area contributed by atoms with E-state index in [4.69, 9.17) is 6.42 Å². The average molecular weight is 174 g/mol. The molecule has 13 heavy (non-hydrogen) atoms. The Hall–Kier alpha value is -1.22. The fourth-order valence-corrected chi connectivity index (χ4v) is 0.888. The van der Waals surface area contributed by atoms with E-state index in [1.165, 1.54) is 19.3 Å². The molecule has 0 spiro atoms. The molecule has 0 aliphatic heterocycles. The lowest BCUT2D eigenvalue weighted by molar-refractivity contribution is 0.772. The predicted octanol–water partition coefficient (Wildman–Crippen LogP) is 3.86. The highest BCUT2D eigenvalue weighted by Crippen LogP contribution is 1.93. The van der Waals surface area contributed by atoms with Crippen LogP contribution in [0.5, 0.6) is 0 Å². The molecule has 0 saturated heterocycles. The summed E-state index contributed by atoms with van der Waals surface area (Å²) in [6, 6.07) is 9.60. The van der Waals surface area contributed by atoms with Gasteiger partial charge in [-0.05, 0) is 12.1 Å². The number of unbranched alkanes of at least 4 members (excludes halogenated alkanes) is 2. The molecule has 0 amide bonds. The zero-order valence-corrected chi connectivity index (χ0v) is 8.59. The molecule has 0 radical (unpaired) electrons. The molecule has 1 rings (SSSR count). The topological polar surface area (TPSA) is 0 Å². The van der Waals surface area contributed by atoms with Gasteiger partial charge in [0.25, 0.3) is 0 Å². The van der Waals surface area contributed by atoms with Gasteiger partial charge < -0.3 is 0 Å². The molecule has 0 unspecified atom stereocenters. The fraction of sp³-hybridized carbons (Fsp3) is 0.385. The van der Waals surface area contributed by atoms with Crippen LogP contribution in [0.4, 0.5) is 0 Å². The molecule has 0 heterocycles. The Balaban J connectivity index is 0.000000252. The van der Waals surface area contributed by atoms with Crippen molar-refractivity contribution in [2.24, 2.45) is 0 Å². The van der Waals surface area contributed by atoms with Crippen LogP contribution < -0.4 is 0 Å². The van der Waals surface area contributed by atoms with Gasteiger partial charge in [0.05, 0.1) is 0 Å². The molecule has 0 aliphatic rings. The van der Waals surface area contributed by atoms with Crippen LogP contribution in [-0.2, 0) is 0 Å². The minimum absolute atomic E-state index is 0.938. The second-order valence-corrected chi connectivity index (χ2v) is 2.86. The van der Waals surface area contributed by atoms with E-state index in [2.05, 4.69) is 19.8 Å². The quantitative estimate of drug-likeness (QED) is 0.597. The van der Waals surface area contributed by atoms with Gasteiger partial charge in [-0.1, -0.05) is 57.2 Å². The highest BCUT2D eigenvalue weighted by Gasteiger charge is 1.76. The van der Waals surface area contributed by atoms with Crippen molar-refractivity contribution >= 4 is 0 Å². The standard InChI is InChI=1S/C8H6.C5H12/c1-2-8-6-4-3-5-7-8;1-3-5-4-2/h1,3-7H;3-5H2,1-2H3. The van der Waals surface area contributed by atoms with E-state index in [0.717, 1.165) is 5.56 Å². The molecule has 1 aromatic carbocycles. The second kappa shape index (κ2) is 8.87. The molecular formula is C13H18. The first-order chi connectivity index (χ1) is 6.35. The van der Waals surface area contributed by atoms with Gasteiger partial charge in [0, 0.05) is 5.56 Å². The predicted molar refractivity (Wildman–Crippen MR) is 59.6 cm³/mol. The molecule has 1 aromatic rings. The zero-order valence-electron chi connectivity index (χ0n) is 8.59. The molecule has 0 nitrogen and oxygen atoms in total. The van der Waals surface area contributed by atoms with E-state index in [9.17, 15) is 0 Å². The highest BCUT2D eigenvalue weighted by molar-refractivity contribution is 5.30. The van der Waals surface area contributed by atoms with E-state index in [1.54, 1.807) is 0 Å². The van der Waals surface area contributed by atoms with Crippen molar-refractivity contribution in [2.45, 2.75) is 33.1 Å². The largest absolute Gasteiger partial charge is 0.115 e. The first kappa shape index (κ1) is 11.8. The molecule has 0 atom stereocenters. The maximum atomic E-state index is 5.10. The smallest absolute Gasteiger partial charge is 0.0242 e. The molecule has 0 aromatic heterocycles. The minimum atomic E-state index is 0.938. The third kappa shape index (κ3) is 7.15. The van der Waals surface area contributed by atoms with E-state index in [1.807, 2.05) is 30.3 Å². The molecule has 0 N–H and O–H groups in total. The third-order valence-electron chi connectivity index (χ3n) is 1.65. The summed E-state index contributed by atoms with van der Waals surface area (Å²) < 4.78 is 0. The molecule has 0 saturated carbocycles. The Bertz CT molecular complexity index is 226. The van der Waals surface area contributed by atoms with Crippen molar-refractivity contribution in [3.63, 3.8) is 0 Å². The van der Waals surface area contributed by atoms with Gasteiger partial charge in [-0.2, -0.15) is 0 Å². The van der Waals surface area contributed by atoms with E-state index < -0.39 is 0 Å². The SMILES string of the molecule is C#Cc1ccccc1.CCCCC. The van der Waals surface area contributed by atoms with Crippen molar-refractivity contribution in [3.05, 3.63) is 35.9 Å². The number of hydrogen-bond donors (Lipinski definition) is 0. The fourth-order valence-electron chi connectivity index (χ4n) is 0.888. The van der Waals surface area contributed by atoms with Crippen LogP contribution in [0.25, 0.3) is 0 Å². The van der Waals surface area contributed by atoms with Crippen LogP contribution in [0, 0.1) is 12.3 Å². The van der Waals surface area contributed by atoms with E-state index >= 15 is 0 Å². The lowest BCUT2D eigenvalue weighted by atomic mass is 10.2. The van der Waals surface area contributed by atoms with Crippen LogP contribution in [0.2, 0.25) is 0 Å². The van der Waals surface area contributed by atoms with Gasteiger partial charge in [0.2, 0.25) is 0 Å². The van der Waals surface area contributed by atoms with Gasteiger partial charge in [-0.15, -0.1) is 6.42 Å². The summed E-state index contributed by atoms with van der Waals surface area (Å²) in [6.45, 7) is 4.42. The number of hydrogen-bond acceptors (Lipinski definition) is 0. The Kier molecular flexibility index (Phi) is 8.04. The van der Waals surface area contributed by atoms with Crippen LogP contribution in [-0.4, -0.2) is 0 Å². The molecule has 0 fully saturated rings. The van der Waals surface area contributed by atoms with Gasteiger partial charge in [0.1, 0.15) is 0 Å². The Morgan fingerprint density at radius 2 is 1.62 bits per heavy atom. The summed E-state index contributed by atoms with van der Waals surface area (Å²) in [5.41, 5.74) is 0.938. The third-order valence-corrected chi connectivity index (χ3v) is 1.65. The van der Waals surface area contributed by atoms with Crippen molar-refractivity contribution in [1.82, 2.24) is 0 Å². The lowest BCUT2D eigenvalue weighted by Crippen LogP contribution is -1.66. The van der Waals surface area contributed by atoms with Gasteiger partial charge >= 0.3 is 0 Å². The van der Waals surface area contributed by atoms with E-state index in [0.29, 0.717) is 0 Å². The van der Waals surface area contributed by atoms with E-state index in [-0.39, 0.29) is 0 Å². The van der Waals surface area contributed by atoms with Crippen LogP contribution in [0.15, 0.2) is 30.3 Å². The van der Waals surface area contributed by atoms with Gasteiger partial charge in [-0.3, -0.25) is 0 Å². The van der Waals surface area contributed by atoms with Gasteiger partial charge in [0.15, 0.2) is 0 Å².